The first-order chi connectivity index (χ1) is 12.5. The summed E-state index contributed by atoms with van der Waals surface area (Å²) in [4.78, 5) is 11.7. The zero-order chi connectivity index (χ0) is 18.3. The fourth-order valence-electron chi connectivity index (χ4n) is 3.82. The van der Waals surface area contributed by atoms with Crippen LogP contribution in [0.2, 0.25) is 0 Å². The number of pyridine rings is 1. The number of H-pyrrole nitrogens is 1. The molecular weight excluding hydrogens is 340 g/mol. The number of hydrogen-bond donors (Lipinski definition) is 2. The first-order valence-corrected chi connectivity index (χ1v) is 9.80. The van der Waals surface area contributed by atoms with Crippen LogP contribution in [-0.2, 0) is 13.0 Å². The van der Waals surface area contributed by atoms with Gasteiger partial charge in [-0.3, -0.25) is 10.1 Å². The number of aryl methyl sites for hydroxylation is 3. The van der Waals surface area contributed by atoms with E-state index in [0.29, 0.717) is 0 Å². The minimum Gasteiger partial charge on any atom is -0.367 e. The third kappa shape index (κ3) is 3.13. The molecule has 3 aromatic rings. The predicted molar refractivity (Wildman–Crippen MR) is 109 cm³/mol. The van der Waals surface area contributed by atoms with Gasteiger partial charge in [-0.1, -0.05) is 0 Å². The smallest absolute Gasteiger partial charge is 0.0477 e. The van der Waals surface area contributed by atoms with Gasteiger partial charge >= 0.3 is 0 Å². The minimum absolute atomic E-state index is 0.931. The van der Waals surface area contributed by atoms with Crippen LogP contribution < -0.4 is 10.0 Å². The fourth-order valence-corrected chi connectivity index (χ4v) is 4.21. The van der Waals surface area contributed by atoms with Crippen LogP contribution in [0.5, 0.6) is 0 Å². The van der Waals surface area contributed by atoms with Crippen LogP contribution in [0.3, 0.4) is 0 Å². The quantitative estimate of drug-likeness (QED) is 0.670. The highest BCUT2D eigenvalue weighted by atomic mass is 32.2. The van der Waals surface area contributed by atoms with Crippen molar-refractivity contribution >= 4 is 17.6 Å². The van der Waals surface area contributed by atoms with Crippen molar-refractivity contribution in [1.29, 1.82) is 0 Å². The molecular formula is C21H24N4S. The Kier molecular flexibility index (Phi) is 4.51. The van der Waals surface area contributed by atoms with Crippen molar-refractivity contribution in [2.24, 2.45) is 5.14 Å². The van der Waals surface area contributed by atoms with Crippen molar-refractivity contribution in [1.82, 2.24) is 9.97 Å². The van der Waals surface area contributed by atoms with E-state index in [4.69, 9.17) is 5.14 Å². The molecule has 5 heteroatoms. The number of hydrogen-bond acceptors (Lipinski definition) is 4. The van der Waals surface area contributed by atoms with Crippen LogP contribution >= 0.6 is 11.9 Å². The maximum atomic E-state index is 5.68. The third-order valence-corrected chi connectivity index (χ3v) is 5.69. The average Bonchev–Trinajstić information content (AvgIpc) is 3.04. The topological polar surface area (TPSA) is 57.9 Å². The summed E-state index contributed by atoms with van der Waals surface area (Å²) < 4.78 is 0. The summed E-state index contributed by atoms with van der Waals surface area (Å²) in [5.41, 5.74) is 9.99. The van der Waals surface area contributed by atoms with Gasteiger partial charge < -0.3 is 9.88 Å². The van der Waals surface area contributed by atoms with Crippen LogP contribution in [0.15, 0.2) is 41.4 Å². The number of fused-ring (bicyclic) bond motifs is 1. The number of aromatic amines is 1. The Morgan fingerprint density at radius 2 is 1.96 bits per heavy atom. The predicted octanol–water partition coefficient (Wildman–Crippen LogP) is 4.53. The Morgan fingerprint density at radius 3 is 2.69 bits per heavy atom. The van der Waals surface area contributed by atoms with Gasteiger partial charge in [0, 0.05) is 58.9 Å². The van der Waals surface area contributed by atoms with E-state index in [9.17, 15) is 0 Å². The first-order valence-electron chi connectivity index (χ1n) is 8.92. The first kappa shape index (κ1) is 17.2. The number of nitrogens with one attached hydrogen (secondary N) is 1. The summed E-state index contributed by atoms with van der Waals surface area (Å²) in [7, 11) is 0. The highest BCUT2D eigenvalue weighted by Crippen LogP contribution is 2.32. The number of aromatic nitrogens is 2. The van der Waals surface area contributed by atoms with Crippen LogP contribution in [0.1, 0.15) is 28.1 Å². The van der Waals surface area contributed by atoms with Crippen molar-refractivity contribution < 1.29 is 0 Å². The molecule has 1 aliphatic rings. The van der Waals surface area contributed by atoms with E-state index in [0.717, 1.165) is 30.1 Å². The van der Waals surface area contributed by atoms with Crippen molar-refractivity contribution in [3.63, 3.8) is 0 Å². The van der Waals surface area contributed by atoms with Gasteiger partial charge in [0.25, 0.3) is 0 Å². The fraction of sp³-hybridized carbons (Fsp3) is 0.286. The number of rotatable bonds is 3. The molecule has 0 bridgehead atoms. The van der Waals surface area contributed by atoms with Gasteiger partial charge in [0.15, 0.2) is 0 Å². The lowest BCUT2D eigenvalue weighted by Crippen LogP contribution is -2.30. The zero-order valence-corrected chi connectivity index (χ0v) is 16.3. The maximum Gasteiger partial charge on any atom is 0.0477 e. The Hall–Kier alpha value is -2.24. The summed E-state index contributed by atoms with van der Waals surface area (Å²) in [5, 5.41) is 5.68. The van der Waals surface area contributed by atoms with Crippen LogP contribution in [0.25, 0.3) is 11.3 Å². The molecule has 4 rings (SSSR count). The van der Waals surface area contributed by atoms with E-state index in [1.807, 2.05) is 13.1 Å². The van der Waals surface area contributed by atoms with E-state index in [1.54, 1.807) is 0 Å². The highest BCUT2D eigenvalue weighted by Gasteiger charge is 2.21. The van der Waals surface area contributed by atoms with Crippen molar-refractivity contribution in [2.45, 2.75) is 38.6 Å². The summed E-state index contributed by atoms with van der Waals surface area (Å²) in [5.74, 6) is 0. The van der Waals surface area contributed by atoms with Gasteiger partial charge in [0.1, 0.15) is 0 Å². The van der Waals surface area contributed by atoms with E-state index in [-0.39, 0.29) is 0 Å². The molecule has 0 saturated carbocycles. The van der Waals surface area contributed by atoms with Gasteiger partial charge in [-0.25, -0.2) is 0 Å². The van der Waals surface area contributed by atoms with E-state index >= 15 is 0 Å². The number of benzene rings is 1. The molecule has 0 fully saturated rings. The molecule has 3 N–H and O–H groups in total. The van der Waals surface area contributed by atoms with Gasteiger partial charge in [-0.05, 0) is 79.7 Å². The molecule has 1 aromatic carbocycles. The monoisotopic (exact) mass is 364 g/mol. The maximum absolute atomic E-state index is 5.68. The largest absolute Gasteiger partial charge is 0.367 e. The van der Waals surface area contributed by atoms with Crippen LogP contribution in [-0.4, -0.2) is 16.5 Å². The van der Waals surface area contributed by atoms with Crippen molar-refractivity contribution in [3.05, 3.63) is 64.6 Å². The summed E-state index contributed by atoms with van der Waals surface area (Å²) in [6.07, 6.45) is 3.01. The molecule has 0 aliphatic carbocycles. The van der Waals surface area contributed by atoms with E-state index in [1.165, 1.54) is 51.3 Å². The van der Waals surface area contributed by atoms with E-state index < -0.39 is 0 Å². The second-order valence-electron chi connectivity index (χ2n) is 7.07. The lowest BCUT2D eigenvalue weighted by molar-refractivity contribution is 0.721. The molecule has 3 heterocycles. The molecule has 134 valence electrons. The van der Waals surface area contributed by atoms with E-state index in [2.05, 4.69) is 59.0 Å². The molecule has 0 amide bonds. The molecule has 1 aliphatic heterocycles. The number of anilines is 1. The standard InChI is InChI=1S/C21H24N4S/c1-13-8-15(3)23-11-18(13)20-10-16-12-25(7-6-19(16)24-20)21-5-4-17(26-22)9-14(21)2/h4-5,8-11,24H,6-7,12,22H2,1-3H3. The Balaban J connectivity index is 1.63. The summed E-state index contributed by atoms with van der Waals surface area (Å²) in [6.45, 7) is 8.30. The molecule has 0 spiro atoms. The third-order valence-electron chi connectivity index (χ3n) is 5.17. The Bertz CT molecular complexity index is 961. The molecule has 26 heavy (non-hydrogen) atoms. The van der Waals surface area contributed by atoms with Gasteiger partial charge in [-0.2, -0.15) is 0 Å². The molecule has 0 radical (unpaired) electrons. The second-order valence-corrected chi connectivity index (χ2v) is 7.77. The zero-order valence-electron chi connectivity index (χ0n) is 15.5. The minimum atomic E-state index is 0.931. The molecule has 2 aromatic heterocycles. The van der Waals surface area contributed by atoms with Crippen molar-refractivity contribution in [2.75, 3.05) is 11.4 Å². The summed E-state index contributed by atoms with van der Waals surface area (Å²) in [6, 6.07) is 10.9. The van der Waals surface area contributed by atoms with Gasteiger partial charge in [-0.15, -0.1) is 0 Å². The van der Waals surface area contributed by atoms with Crippen LogP contribution in [0.4, 0.5) is 5.69 Å². The molecule has 0 atom stereocenters. The summed E-state index contributed by atoms with van der Waals surface area (Å²) >= 11 is 1.30. The lowest BCUT2D eigenvalue weighted by atomic mass is 10.0. The number of nitrogens with zero attached hydrogens (tertiary/aromatic N) is 2. The molecule has 0 saturated heterocycles. The molecule has 4 nitrogen and oxygen atoms in total. The van der Waals surface area contributed by atoms with Gasteiger partial charge in [0.2, 0.25) is 0 Å². The SMILES string of the molecule is Cc1cc(C)c(-c2cc3c([nH]2)CCN(c2ccc(SN)cc2C)C3)cn1. The highest BCUT2D eigenvalue weighted by molar-refractivity contribution is 7.97. The average molecular weight is 365 g/mol. The normalized spacial score (nSPS) is 13.8. The Labute approximate surface area is 159 Å². The van der Waals surface area contributed by atoms with Gasteiger partial charge in [0.05, 0.1) is 0 Å². The molecule has 0 unspecified atom stereocenters. The number of nitrogens with two attached hydrogens (primary N) is 1. The lowest BCUT2D eigenvalue weighted by Gasteiger charge is -2.30. The van der Waals surface area contributed by atoms with Crippen molar-refractivity contribution in [3.8, 4) is 11.3 Å². The second kappa shape index (κ2) is 6.82. The van der Waals surface area contributed by atoms with Crippen LogP contribution in [0, 0.1) is 20.8 Å². The Morgan fingerprint density at radius 1 is 1.12 bits per heavy atom.